The molecule has 0 fully saturated rings. The molecule has 0 spiro atoms. The maximum atomic E-state index is 12.2. The van der Waals surface area contributed by atoms with E-state index in [1.54, 1.807) is 13.8 Å². The SMILES string of the molecule is CCC(C)c1ccccc1N/C=C(/C#N)C(=O)NC(C(=O)O)C(C)C. The molecule has 0 radical (unpaired) electrons. The Kier molecular flexibility index (Phi) is 7.67. The van der Waals surface area contributed by atoms with E-state index in [1.165, 1.54) is 6.20 Å². The summed E-state index contributed by atoms with van der Waals surface area (Å²) in [7, 11) is 0. The molecule has 0 heterocycles. The number of carbonyl (C=O) groups excluding carboxylic acids is 1. The molecule has 1 aromatic rings. The van der Waals surface area contributed by atoms with Crippen molar-refractivity contribution in [3.05, 3.63) is 41.6 Å². The third-order valence-electron chi connectivity index (χ3n) is 4.06. The van der Waals surface area contributed by atoms with E-state index < -0.39 is 17.9 Å². The minimum Gasteiger partial charge on any atom is -0.480 e. The Balaban J connectivity index is 2.96. The van der Waals surface area contributed by atoms with E-state index in [1.807, 2.05) is 30.3 Å². The molecule has 0 saturated heterocycles. The Hall–Kier alpha value is -2.81. The van der Waals surface area contributed by atoms with E-state index in [2.05, 4.69) is 24.5 Å². The van der Waals surface area contributed by atoms with Crippen LogP contribution in [-0.2, 0) is 9.59 Å². The second kappa shape index (κ2) is 9.48. The fraction of sp³-hybridized carbons (Fsp3) is 0.421. The summed E-state index contributed by atoms with van der Waals surface area (Å²) in [5, 5.41) is 23.8. The molecule has 1 aromatic carbocycles. The van der Waals surface area contributed by atoms with Crippen LogP contribution in [0.2, 0.25) is 0 Å². The highest BCUT2D eigenvalue weighted by molar-refractivity contribution is 5.99. The molecule has 0 aliphatic rings. The second-order valence-corrected chi connectivity index (χ2v) is 6.24. The predicted octanol–water partition coefficient (Wildman–Crippen LogP) is 3.24. The molecule has 0 aliphatic heterocycles. The smallest absolute Gasteiger partial charge is 0.326 e. The van der Waals surface area contributed by atoms with E-state index in [9.17, 15) is 14.9 Å². The van der Waals surface area contributed by atoms with Gasteiger partial charge in [0, 0.05) is 11.9 Å². The first kappa shape index (κ1) is 20.2. The first-order chi connectivity index (χ1) is 11.8. The standard InChI is InChI=1S/C19H25N3O3/c1-5-13(4)15-8-6-7-9-16(15)21-11-14(10-20)18(23)22-17(12(2)3)19(24)25/h6-9,11-13,17,21H,5H2,1-4H3,(H,22,23)(H,24,25)/b14-11-. The molecule has 6 heteroatoms. The van der Waals surface area contributed by atoms with Gasteiger partial charge in [-0.3, -0.25) is 4.79 Å². The molecule has 0 saturated carbocycles. The fourth-order valence-electron chi connectivity index (χ4n) is 2.31. The largest absolute Gasteiger partial charge is 0.480 e. The highest BCUT2D eigenvalue weighted by Crippen LogP contribution is 2.26. The summed E-state index contributed by atoms with van der Waals surface area (Å²) < 4.78 is 0. The number of para-hydroxylation sites is 1. The van der Waals surface area contributed by atoms with Crippen molar-refractivity contribution < 1.29 is 14.7 Å². The number of nitrogens with one attached hydrogen (secondary N) is 2. The number of nitriles is 1. The monoisotopic (exact) mass is 343 g/mol. The third-order valence-corrected chi connectivity index (χ3v) is 4.06. The average Bonchev–Trinajstić information content (AvgIpc) is 2.59. The van der Waals surface area contributed by atoms with E-state index in [4.69, 9.17) is 5.11 Å². The van der Waals surface area contributed by atoms with Gasteiger partial charge in [0.05, 0.1) is 0 Å². The van der Waals surface area contributed by atoms with Crippen LogP contribution in [0.3, 0.4) is 0 Å². The van der Waals surface area contributed by atoms with Gasteiger partial charge in [-0.2, -0.15) is 5.26 Å². The molecule has 0 aromatic heterocycles. The van der Waals surface area contributed by atoms with Crippen LogP contribution in [0, 0.1) is 17.2 Å². The number of rotatable bonds is 8. The van der Waals surface area contributed by atoms with E-state index in [0.717, 1.165) is 17.7 Å². The van der Waals surface area contributed by atoms with Crippen molar-refractivity contribution >= 4 is 17.6 Å². The van der Waals surface area contributed by atoms with Crippen molar-refractivity contribution in [1.82, 2.24) is 5.32 Å². The molecule has 3 N–H and O–H groups in total. The Morgan fingerprint density at radius 2 is 1.92 bits per heavy atom. The van der Waals surface area contributed by atoms with Gasteiger partial charge in [-0.05, 0) is 29.9 Å². The lowest BCUT2D eigenvalue weighted by Gasteiger charge is -2.18. The van der Waals surface area contributed by atoms with Crippen molar-refractivity contribution in [1.29, 1.82) is 5.26 Å². The topological polar surface area (TPSA) is 102 Å². The summed E-state index contributed by atoms with van der Waals surface area (Å²) in [6.07, 6.45) is 2.28. The minimum atomic E-state index is -1.13. The van der Waals surface area contributed by atoms with Gasteiger partial charge in [-0.15, -0.1) is 0 Å². The molecule has 0 aliphatic carbocycles. The fourth-order valence-corrected chi connectivity index (χ4v) is 2.31. The van der Waals surface area contributed by atoms with Gasteiger partial charge < -0.3 is 15.7 Å². The number of aliphatic carboxylic acids is 1. The summed E-state index contributed by atoms with van der Waals surface area (Å²) in [5.41, 5.74) is 1.73. The number of amides is 1. The van der Waals surface area contributed by atoms with E-state index in [0.29, 0.717) is 5.92 Å². The number of carboxylic acids is 1. The van der Waals surface area contributed by atoms with Gasteiger partial charge in [0.1, 0.15) is 17.7 Å². The van der Waals surface area contributed by atoms with Crippen molar-refractivity contribution in [3.63, 3.8) is 0 Å². The molecule has 134 valence electrons. The van der Waals surface area contributed by atoms with Crippen molar-refractivity contribution in [2.75, 3.05) is 5.32 Å². The van der Waals surface area contributed by atoms with Gasteiger partial charge in [0.2, 0.25) is 0 Å². The van der Waals surface area contributed by atoms with Crippen molar-refractivity contribution in [2.45, 2.75) is 46.1 Å². The Labute approximate surface area is 148 Å². The summed E-state index contributed by atoms with van der Waals surface area (Å²) >= 11 is 0. The lowest BCUT2D eigenvalue weighted by atomic mass is 9.97. The number of hydrogen-bond acceptors (Lipinski definition) is 4. The van der Waals surface area contributed by atoms with Gasteiger partial charge in [0.25, 0.3) is 5.91 Å². The normalized spacial score (nSPS) is 13.7. The highest BCUT2D eigenvalue weighted by Gasteiger charge is 2.24. The Morgan fingerprint density at radius 3 is 2.44 bits per heavy atom. The van der Waals surface area contributed by atoms with E-state index in [-0.39, 0.29) is 11.5 Å². The maximum Gasteiger partial charge on any atom is 0.326 e. The zero-order chi connectivity index (χ0) is 19.0. The number of carboxylic acid groups (broad SMARTS) is 1. The average molecular weight is 343 g/mol. The molecule has 2 atom stereocenters. The molecule has 1 rings (SSSR count). The number of carbonyl (C=O) groups is 2. The third kappa shape index (κ3) is 5.64. The van der Waals surface area contributed by atoms with Crippen LogP contribution < -0.4 is 10.6 Å². The van der Waals surface area contributed by atoms with Crippen LogP contribution in [-0.4, -0.2) is 23.0 Å². The summed E-state index contributed by atoms with van der Waals surface area (Å²) in [6, 6.07) is 8.44. The van der Waals surface area contributed by atoms with Gasteiger partial charge in [0.15, 0.2) is 0 Å². The Morgan fingerprint density at radius 1 is 1.28 bits per heavy atom. The maximum absolute atomic E-state index is 12.2. The van der Waals surface area contributed by atoms with Gasteiger partial charge in [-0.1, -0.05) is 45.9 Å². The van der Waals surface area contributed by atoms with Crippen LogP contribution in [0.4, 0.5) is 5.69 Å². The van der Waals surface area contributed by atoms with E-state index >= 15 is 0 Å². The summed E-state index contributed by atoms with van der Waals surface area (Å²) in [6.45, 7) is 7.57. The zero-order valence-corrected chi connectivity index (χ0v) is 15.0. The summed E-state index contributed by atoms with van der Waals surface area (Å²) in [5.74, 6) is -1.80. The first-order valence-corrected chi connectivity index (χ1v) is 8.31. The van der Waals surface area contributed by atoms with Crippen LogP contribution >= 0.6 is 0 Å². The molecule has 6 nitrogen and oxygen atoms in total. The quantitative estimate of drug-likeness (QED) is 0.497. The lowest BCUT2D eigenvalue weighted by molar-refractivity contribution is -0.142. The van der Waals surface area contributed by atoms with Crippen molar-refractivity contribution in [3.8, 4) is 6.07 Å². The number of hydrogen-bond donors (Lipinski definition) is 3. The minimum absolute atomic E-state index is 0.175. The van der Waals surface area contributed by atoms with Gasteiger partial charge in [-0.25, -0.2) is 4.79 Å². The van der Waals surface area contributed by atoms with Crippen LogP contribution in [0.15, 0.2) is 36.0 Å². The number of anilines is 1. The lowest BCUT2D eigenvalue weighted by Crippen LogP contribution is -2.44. The second-order valence-electron chi connectivity index (χ2n) is 6.24. The summed E-state index contributed by atoms with van der Waals surface area (Å²) in [4.78, 5) is 23.4. The predicted molar refractivity (Wildman–Crippen MR) is 96.9 cm³/mol. The van der Waals surface area contributed by atoms with Crippen molar-refractivity contribution in [2.24, 2.45) is 5.92 Å². The molecular formula is C19H25N3O3. The first-order valence-electron chi connectivity index (χ1n) is 8.31. The van der Waals surface area contributed by atoms with Crippen LogP contribution in [0.5, 0.6) is 0 Å². The molecule has 25 heavy (non-hydrogen) atoms. The van der Waals surface area contributed by atoms with Crippen LogP contribution in [0.1, 0.15) is 45.6 Å². The molecule has 2 unspecified atom stereocenters. The Bertz CT molecular complexity index is 689. The van der Waals surface area contributed by atoms with Crippen LogP contribution in [0.25, 0.3) is 0 Å². The molecule has 0 bridgehead atoms. The highest BCUT2D eigenvalue weighted by atomic mass is 16.4. The molecular weight excluding hydrogens is 318 g/mol. The zero-order valence-electron chi connectivity index (χ0n) is 15.0. The molecule has 1 amide bonds. The van der Waals surface area contributed by atoms with Gasteiger partial charge >= 0.3 is 5.97 Å². The number of benzene rings is 1. The number of nitrogens with zero attached hydrogens (tertiary/aromatic N) is 1.